The number of hydrogen-bond donors (Lipinski definition) is 1. The first-order valence-corrected chi connectivity index (χ1v) is 7.01. The molecule has 1 N–H and O–H groups in total. The second-order valence-electron chi connectivity index (χ2n) is 5.44. The van der Waals surface area contributed by atoms with Gasteiger partial charge in [0.25, 0.3) is 0 Å². The molecule has 0 aliphatic carbocycles. The molecule has 1 aliphatic heterocycles. The first-order chi connectivity index (χ1) is 8.12. The molecule has 1 unspecified atom stereocenters. The maximum absolute atomic E-state index is 3.61. The number of nitrogens with zero attached hydrogens (tertiary/aromatic N) is 1. The van der Waals surface area contributed by atoms with Crippen molar-refractivity contribution in [3.8, 4) is 11.8 Å². The van der Waals surface area contributed by atoms with Gasteiger partial charge < -0.3 is 5.32 Å². The number of nitrogens with one attached hydrogen (secondary N) is 1. The average Bonchev–Trinajstić information content (AvgIpc) is 2.35. The Hall–Kier alpha value is -0.520. The zero-order valence-electron chi connectivity index (χ0n) is 12.0. The van der Waals surface area contributed by atoms with Crippen LogP contribution in [0.15, 0.2) is 0 Å². The molecule has 0 aromatic heterocycles. The summed E-state index contributed by atoms with van der Waals surface area (Å²) in [6, 6.07) is 0.470. The van der Waals surface area contributed by atoms with Crippen LogP contribution < -0.4 is 5.32 Å². The van der Waals surface area contributed by atoms with Crippen molar-refractivity contribution in [2.24, 2.45) is 0 Å². The lowest BCUT2D eigenvalue weighted by Crippen LogP contribution is -2.58. The molecule has 0 radical (unpaired) electrons. The average molecular weight is 236 g/mol. The summed E-state index contributed by atoms with van der Waals surface area (Å²) in [7, 11) is 0. The zero-order valence-corrected chi connectivity index (χ0v) is 12.0. The molecule has 0 bridgehead atoms. The molecule has 0 saturated carbocycles. The van der Waals surface area contributed by atoms with Crippen molar-refractivity contribution in [1.29, 1.82) is 0 Å². The van der Waals surface area contributed by atoms with Gasteiger partial charge in [-0.3, -0.25) is 4.90 Å². The van der Waals surface area contributed by atoms with Crippen LogP contribution in [0, 0.1) is 11.8 Å². The van der Waals surface area contributed by atoms with Gasteiger partial charge in [-0.2, -0.15) is 0 Å². The van der Waals surface area contributed by atoms with Crippen molar-refractivity contribution in [2.75, 3.05) is 19.6 Å². The van der Waals surface area contributed by atoms with Crippen molar-refractivity contribution < 1.29 is 0 Å². The Bertz CT molecular complexity index is 266. The minimum absolute atomic E-state index is 0.209. The number of likely N-dealkylation sites (N-methyl/N-ethyl adjacent to an activating group) is 1. The SMILES string of the molecule is CC#CCC(NCC)C(C)(C)N1CCCCC1. The van der Waals surface area contributed by atoms with Crippen molar-refractivity contribution >= 4 is 0 Å². The summed E-state index contributed by atoms with van der Waals surface area (Å²) >= 11 is 0. The van der Waals surface area contributed by atoms with Crippen LogP contribution in [0.2, 0.25) is 0 Å². The molecule has 1 aliphatic rings. The molecule has 2 heteroatoms. The van der Waals surface area contributed by atoms with Gasteiger partial charge in [0.1, 0.15) is 0 Å². The molecule has 0 spiro atoms. The molecular formula is C15H28N2. The van der Waals surface area contributed by atoms with Gasteiger partial charge in [-0.05, 0) is 53.2 Å². The minimum atomic E-state index is 0.209. The molecule has 1 fully saturated rings. The summed E-state index contributed by atoms with van der Waals surface area (Å²) in [5.41, 5.74) is 0.209. The normalized spacial score (nSPS) is 19.5. The minimum Gasteiger partial charge on any atom is -0.312 e. The zero-order chi connectivity index (χ0) is 12.7. The second-order valence-corrected chi connectivity index (χ2v) is 5.44. The highest BCUT2D eigenvalue weighted by Crippen LogP contribution is 2.25. The van der Waals surface area contributed by atoms with Gasteiger partial charge in [-0.25, -0.2) is 0 Å². The number of hydrogen-bond acceptors (Lipinski definition) is 2. The third kappa shape index (κ3) is 4.01. The van der Waals surface area contributed by atoms with Gasteiger partial charge in [0.2, 0.25) is 0 Å². The maximum Gasteiger partial charge on any atom is 0.0356 e. The van der Waals surface area contributed by atoms with Gasteiger partial charge in [-0.1, -0.05) is 13.3 Å². The van der Waals surface area contributed by atoms with Crippen LogP contribution in [0.5, 0.6) is 0 Å². The van der Waals surface area contributed by atoms with E-state index in [1.165, 1.54) is 32.4 Å². The summed E-state index contributed by atoms with van der Waals surface area (Å²) in [5.74, 6) is 6.26. The standard InChI is InChI=1S/C15H28N2/c1-5-7-11-14(16-6-2)15(3,4)17-12-9-8-10-13-17/h14,16H,6,8-13H2,1-4H3. The van der Waals surface area contributed by atoms with Crippen molar-refractivity contribution in [3.63, 3.8) is 0 Å². The molecule has 1 saturated heterocycles. The molecule has 2 nitrogen and oxygen atoms in total. The molecule has 17 heavy (non-hydrogen) atoms. The lowest BCUT2D eigenvalue weighted by molar-refractivity contribution is 0.0631. The molecule has 1 heterocycles. The largest absolute Gasteiger partial charge is 0.312 e. The molecule has 0 aromatic rings. The summed E-state index contributed by atoms with van der Waals surface area (Å²) in [6.45, 7) is 12.3. The first kappa shape index (κ1) is 14.5. The van der Waals surface area contributed by atoms with E-state index < -0.39 is 0 Å². The Kier molecular flexibility index (Phi) is 6.02. The lowest BCUT2D eigenvalue weighted by Gasteiger charge is -2.45. The predicted molar refractivity (Wildman–Crippen MR) is 75.0 cm³/mol. The highest BCUT2D eigenvalue weighted by atomic mass is 15.2. The van der Waals surface area contributed by atoms with Crippen LogP contribution >= 0.6 is 0 Å². The summed E-state index contributed by atoms with van der Waals surface area (Å²) in [5, 5.41) is 3.61. The maximum atomic E-state index is 3.61. The van der Waals surface area contributed by atoms with E-state index in [0.717, 1.165) is 13.0 Å². The smallest absolute Gasteiger partial charge is 0.0356 e. The highest BCUT2D eigenvalue weighted by Gasteiger charge is 2.34. The first-order valence-electron chi connectivity index (χ1n) is 7.01. The third-order valence-electron chi connectivity index (χ3n) is 3.96. The molecule has 98 valence electrons. The highest BCUT2D eigenvalue weighted by molar-refractivity contribution is 5.04. The van der Waals surface area contributed by atoms with Crippen molar-refractivity contribution in [2.45, 2.75) is 65.0 Å². The van der Waals surface area contributed by atoms with E-state index in [9.17, 15) is 0 Å². The number of piperidine rings is 1. The fourth-order valence-electron chi connectivity index (χ4n) is 2.71. The quantitative estimate of drug-likeness (QED) is 0.738. The van der Waals surface area contributed by atoms with Gasteiger partial charge in [0, 0.05) is 18.0 Å². The van der Waals surface area contributed by atoms with Crippen LogP contribution in [0.4, 0.5) is 0 Å². The second kappa shape index (κ2) is 7.03. The van der Waals surface area contributed by atoms with Gasteiger partial charge in [-0.15, -0.1) is 11.8 Å². The Balaban J connectivity index is 2.68. The molecular weight excluding hydrogens is 208 g/mol. The van der Waals surface area contributed by atoms with Crippen LogP contribution in [-0.4, -0.2) is 36.1 Å². The summed E-state index contributed by atoms with van der Waals surface area (Å²) < 4.78 is 0. The van der Waals surface area contributed by atoms with Gasteiger partial charge in [0.15, 0.2) is 0 Å². The topological polar surface area (TPSA) is 15.3 Å². The number of rotatable bonds is 5. The Labute approximate surface area is 107 Å². The molecule has 1 atom stereocenters. The Morgan fingerprint density at radius 1 is 1.24 bits per heavy atom. The van der Waals surface area contributed by atoms with E-state index in [-0.39, 0.29) is 5.54 Å². The van der Waals surface area contributed by atoms with E-state index in [4.69, 9.17) is 0 Å². The van der Waals surface area contributed by atoms with Crippen LogP contribution in [0.25, 0.3) is 0 Å². The van der Waals surface area contributed by atoms with E-state index in [1.54, 1.807) is 0 Å². The van der Waals surface area contributed by atoms with Gasteiger partial charge in [0.05, 0.1) is 0 Å². The third-order valence-corrected chi connectivity index (χ3v) is 3.96. The lowest BCUT2D eigenvalue weighted by atomic mass is 9.88. The van der Waals surface area contributed by atoms with E-state index in [2.05, 4.69) is 42.8 Å². The Morgan fingerprint density at radius 2 is 1.88 bits per heavy atom. The van der Waals surface area contributed by atoms with Crippen LogP contribution in [0.1, 0.15) is 53.4 Å². The molecule has 1 rings (SSSR count). The fourth-order valence-corrected chi connectivity index (χ4v) is 2.71. The van der Waals surface area contributed by atoms with E-state index in [0.29, 0.717) is 6.04 Å². The Morgan fingerprint density at radius 3 is 2.41 bits per heavy atom. The fraction of sp³-hybridized carbons (Fsp3) is 0.867. The molecule has 0 aromatic carbocycles. The summed E-state index contributed by atoms with van der Waals surface area (Å²) in [4.78, 5) is 2.64. The van der Waals surface area contributed by atoms with Crippen LogP contribution in [0.3, 0.4) is 0 Å². The number of likely N-dealkylation sites (tertiary alicyclic amines) is 1. The van der Waals surface area contributed by atoms with Crippen molar-refractivity contribution in [1.82, 2.24) is 10.2 Å². The molecule has 0 amide bonds. The predicted octanol–water partition coefficient (Wildman–Crippen LogP) is 2.64. The van der Waals surface area contributed by atoms with E-state index in [1.807, 2.05) is 6.92 Å². The van der Waals surface area contributed by atoms with Gasteiger partial charge >= 0.3 is 0 Å². The summed E-state index contributed by atoms with van der Waals surface area (Å²) in [6.07, 6.45) is 5.05. The monoisotopic (exact) mass is 236 g/mol. The van der Waals surface area contributed by atoms with E-state index >= 15 is 0 Å². The van der Waals surface area contributed by atoms with Crippen molar-refractivity contribution in [3.05, 3.63) is 0 Å². The van der Waals surface area contributed by atoms with Crippen LogP contribution in [-0.2, 0) is 0 Å².